The van der Waals surface area contributed by atoms with Gasteiger partial charge in [-0.2, -0.15) is 0 Å². The van der Waals surface area contributed by atoms with Gasteiger partial charge in [0.05, 0.1) is 11.7 Å². The van der Waals surface area contributed by atoms with E-state index in [1.807, 2.05) is 36.2 Å². The second-order valence-corrected chi connectivity index (χ2v) is 3.97. The maximum Gasteiger partial charge on any atom is 0.324 e. The van der Waals surface area contributed by atoms with Gasteiger partial charge in [0, 0.05) is 13.6 Å². The van der Waals surface area contributed by atoms with E-state index in [-0.39, 0.29) is 12.1 Å². The molecular formula is C11H12N2O2. The van der Waals surface area contributed by atoms with Gasteiger partial charge in [0.15, 0.2) is 0 Å². The summed E-state index contributed by atoms with van der Waals surface area (Å²) in [5.41, 5.74) is 0.892. The Balaban J connectivity index is 2.08. The molecule has 4 nitrogen and oxygen atoms in total. The molecule has 0 N–H and O–H groups in total. The van der Waals surface area contributed by atoms with E-state index < -0.39 is 0 Å². The van der Waals surface area contributed by atoms with Gasteiger partial charge in [0.25, 0.3) is 0 Å². The topological polar surface area (TPSA) is 32.8 Å². The van der Waals surface area contributed by atoms with Crippen molar-refractivity contribution in [1.82, 2.24) is 4.90 Å². The van der Waals surface area contributed by atoms with E-state index in [0.717, 1.165) is 18.0 Å². The molecular weight excluding hydrogens is 192 g/mol. The number of ether oxygens (including phenoxy) is 1. The minimum Gasteiger partial charge on any atom is -0.489 e. The second-order valence-electron chi connectivity index (χ2n) is 3.97. The molecule has 15 heavy (non-hydrogen) atoms. The van der Waals surface area contributed by atoms with E-state index in [1.54, 1.807) is 4.90 Å². The lowest BCUT2D eigenvalue weighted by Gasteiger charge is -2.30. The number of para-hydroxylation sites is 2. The van der Waals surface area contributed by atoms with Crippen LogP contribution in [0.15, 0.2) is 24.3 Å². The highest BCUT2D eigenvalue weighted by atomic mass is 16.5. The third-order valence-corrected chi connectivity index (χ3v) is 2.94. The number of carbonyl (C=O) groups is 1. The molecule has 1 aromatic carbocycles. The molecule has 1 saturated heterocycles. The Hall–Kier alpha value is -1.71. The number of carbonyl (C=O) groups excluding carboxylic acids is 1. The lowest BCUT2D eigenvalue weighted by molar-refractivity contribution is 0.229. The molecule has 0 spiro atoms. The first-order valence-electron chi connectivity index (χ1n) is 5.03. The average molecular weight is 204 g/mol. The summed E-state index contributed by atoms with van der Waals surface area (Å²) in [6, 6.07) is 7.91. The fraction of sp³-hybridized carbons (Fsp3) is 0.364. The van der Waals surface area contributed by atoms with Gasteiger partial charge in [-0.05, 0) is 12.1 Å². The summed E-state index contributed by atoms with van der Waals surface area (Å²) in [5.74, 6) is 0.803. The minimum atomic E-state index is 0.0655. The van der Waals surface area contributed by atoms with Gasteiger partial charge >= 0.3 is 6.03 Å². The van der Waals surface area contributed by atoms with Crippen molar-refractivity contribution in [2.75, 3.05) is 25.1 Å². The van der Waals surface area contributed by atoms with Gasteiger partial charge in [-0.1, -0.05) is 12.1 Å². The highest BCUT2D eigenvalue weighted by Gasteiger charge is 2.40. The molecule has 0 radical (unpaired) electrons. The molecule has 2 heterocycles. The summed E-state index contributed by atoms with van der Waals surface area (Å²) in [4.78, 5) is 15.5. The molecule has 0 aromatic heterocycles. The maximum atomic E-state index is 11.9. The number of rotatable bonds is 0. The molecule has 0 saturated carbocycles. The number of nitrogens with zero attached hydrogens (tertiary/aromatic N) is 2. The van der Waals surface area contributed by atoms with Crippen molar-refractivity contribution < 1.29 is 9.53 Å². The van der Waals surface area contributed by atoms with Crippen LogP contribution in [0.2, 0.25) is 0 Å². The first kappa shape index (κ1) is 8.59. The number of hydrogen-bond donors (Lipinski definition) is 0. The van der Waals surface area contributed by atoms with Crippen molar-refractivity contribution in [1.29, 1.82) is 0 Å². The number of fused-ring (bicyclic) bond motifs is 3. The lowest BCUT2D eigenvalue weighted by Crippen LogP contribution is -2.41. The molecule has 1 atom stereocenters. The number of urea groups is 1. The number of anilines is 1. The monoisotopic (exact) mass is 204 g/mol. The first-order valence-corrected chi connectivity index (χ1v) is 5.03. The molecule has 1 unspecified atom stereocenters. The quantitative estimate of drug-likeness (QED) is 0.638. The summed E-state index contributed by atoms with van der Waals surface area (Å²) in [7, 11) is 1.82. The summed E-state index contributed by atoms with van der Waals surface area (Å²) in [5, 5.41) is 0. The van der Waals surface area contributed by atoms with Crippen LogP contribution in [0.25, 0.3) is 0 Å². The number of hydrogen-bond acceptors (Lipinski definition) is 2. The van der Waals surface area contributed by atoms with Gasteiger partial charge < -0.3 is 9.64 Å². The molecule has 0 aliphatic carbocycles. The molecule has 4 heteroatoms. The molecule has 2 aliphatic heterocycles. The Morgan fingerprint density at radius 1 is 1.40 bits per heavy atom. The fourth-order valence-corrected chi connectivity index (χ4v) is 2.21. The van der Waals surface area contributed by atoms with Crippen molar-refractivity contribution in [3.8, 4) is 5.75 Å². The SMILES string of the molecule is CN1CC2COc3ccccc3N2C1=O. The molecule has 78 valence electrons. The normalized spacial score (nSPS) is 23.5. The highest BCUT2D eigenvalue weighted by molar-refractivity contribution is 5.96. The van der Waals surface area contributed by atoms with Crippen LogP contribution in [0.3, 0.4) is 0 Å². The van der Waals surface area contributed by atoms with Crippen molar-refractivity contribution in [3.63, 3.8) is 0 Å². The average Bonchev–Trinajstić information content (AvgIpc) is 2.55. The second kappa shape index (κ2) is 2.89. The van der Waals surface area contributed by atoms with Crippen LogP contribution < -0.4 is 9.64 Å². The van der Waals surface area contributed by atoms with Gasteiger partial charge in [-0.3, -0.25) is 4.90 Å². The third-order valence-electron chi connectivity index (χ3n) is 2.94. The van der Waals surface area contributed by atoms with E-state index in [4.69, 9.17) is 4.74 Å². The Labute approximate surface area is 88.0 Å². The Bertz CT molecular complexity index is 419. The van der Waals surface area contributed by atoms with Gasteiger partial charge in [-0.25, -0.2) is 4.79 Å². The zero-order valence-electron chi connectivity index (χ0n) is 8.51. The van der Waals surface area contributed by atoms with Crippen molar-refractivity contribution in [2.24, 2.45) is 0 Å². The first-order chi connectivity index (χ1) is 7.27. The third kappa shape index (κ3) is 1.11. The zero-order valence-corrected chi connectivity index (χ0v) is 8.51. The van der Waals surface area contributed by atoms with Crippen LogP contribution in [0.4, 0.5) is 10.5 Å². The van der Waals surface area contributed by atoms with Crippen molar-refractivity contribution >= 4 is 11.7 Å². The maximum absolute atomic E-state index is 11.9. The van der Waals surface area contributed by atoms with E-state index in [0.29, 0.717) is 6.61 Å². The zero-order chi connectivity index (χ0) is 10.4. The number of amides is 2. The van der Waals surface area contributed by atoms with Crippen molar-refractivity contribution in [3.05, 3.63) is 24.3 Å². The van der Waals surface area contributed by atoms with Crippen LogP contribution in [-0.2, 0) is 0 Å². The molecule has 1 fully saturated rings. The van der Waals surface area contributed by atoms with E-state index in [2.05, 4.69) is 0 Å². The van der Waals surface area contributed by atoms with Crippen LogP contribution in [0.5, 0.6) is 5.75 Å². The van der Waals surface area contributed by atoms with Crippen LogP contribution >= 0.6 is 0 Å². The Kier molecular flexibility index (Phi) is 1.65. The number of benzene rings is 1. The van der Waals surface area contributed by atoms with Gasteiger partial charge in [0.1, 0.15) is 12.4 Å². The summed E-state index contributed by atoms with van der Waals surface area (Å²) >= 11 is 0. The predicted octanol–water partition coefficient (Wildman–Crippen LogP) is 1.32. The number of likely N-dealkylation sites (N-methyl/N-ethyl adjacent to an activating group) is 1. The van der Waals surface area contributed by atoms with Gasteiger partial charge in [-0.15, -0.1) is 0 Å². The lowest BCUT2D eigenvalue weighted by atomic mass is 10.2. The standard InChI is InChI=1S/C11H12N2O2/c1-12-6-8-7-15-10-5-3-2-4-9(10)13(8)11(12)14/h2-5,8H,6-7H2,1H3. The summed E-state index contributed by atoms with van der Waals surface area (Å²) in [6.07, 6.45) is 0. The van der Waals surface area contributed by atoms with E-state index >= 15 is 0 Å². The van der Waals surface area contributed by atoms with E-state index in [1.165, 1.54) is 0 Å². The molecule has 2 amide bonds. The van der Waals surface area contributed by atoms with Crippen LogP contribution in [0.1, 0.15) is 0 Å². The minimum absolute atomic E-state index is 0.0655. The molecule has 2 aliphatic rings. The van der Waals surface area contributed by atoms with Crippen LogP contribution in [-0.4, -0.2) is 37.2 Å². The Morgan fingerprint density at radius 3 is 3.07 bits per heavy atom. The molecule has 1 aromatic rings. The van der Waals surface area contributed by atoms with Crippen LogP contribution in [0, 0.1) is 0 Å². The molecule has 0 bridgehead atoms. The highest BCUT2D eigenvalue weighted by Crippen LogP contribution is 2.36. The van der Waals surface area contributed by atoms with E-state index in [9.17, 15) is 4.79 Å². The Morgan fingerprint density at radius 2 is 2.20 bits per heavy atom. The van der Waals surface area contributed by atoms with Gasteiger partial charge in [0.2, 0.25) is 0 Å². The van der Waals surface area contributed by atoms with Crippen molar-refractivity contribution in [2.45, 2.75) is 6.04 Å². The smallest absolute Gasteiger partial charge is 0.324 e. The fourth-order valence-electron chi connectivity index (χ4n) is 2.21. The summed E-state index contributed by atoms with van der Waals surface area (Å²) < 4.78 is 5.61. The largest absolute Gasteiger partial charge is 0.489 e. The predicted molar refractivity (Wildman–Crippen MR) is 56.2 cm³/mol. The molecule has 3 rings (SSSR count). The summed E-state index contributed by atoms with van der Waals surface area (Å²) in [6.45, 7) is 1.33.